The molecule has 2 N–H and O–H groups in total. The number of amides is 2. The summed E-state index contributed by atoms with van der Waals surface area (Å²) in [5.41, 5.74) is 2.60. The first-order chi connectivity index (χ1) is 11.2. The predicted molar refractivity (Wildman–Crippen MR) is 92.7 cm³/mol. The number of thioether (sulfide) groups is 1. The number of fused-ring (bicyclic) bond motifs is 1. The van der Waals surface area contributed by atoms with E-state index in [0.717, 1.165) is 16.9 Å². The minimum atomic E-state index is -0.149. The number of rotatable bonds is 4. The van der Waals surface area contributed by atoms with Crippen LogP contribution in [0.3, 0.4) is 0 Å². The molecule has 0 radical (unpaired) electrons. The normalized spacial score (nSPS) is 15.8. The topological polar surface area (TPSA) is 58.2 Å². The molecule has 2 aromatic carbocycles. The summed E-state index contributed by atoms with van der Waals surface area (Å²) in [4.78, 5) is 25.4. The number of carbonyl (C=O) groups is 2. The minimum absolute atomic E-state index is 0.0215. The second kappa shape index (κ2) is 6.87. The number of likely N-dealkylation sites (N-methyl/N-ethyl adjacent to an activating group) is 1. The highest BCUT2D eigenvalue weighted by molar-refractivity contribution is 7.99. The lowest BCUT2D eigenvalue weighted by molar-refractivity contribution is -0.120. The number of carbonyl (C=O) groups excluding carboxylic acids is 2. The molecule has 1 atom stereocenters. The van der Waals surface area contributed by atoms with Crippen LogP contribution in [0.25, 0.3) is 0 Å². The molecule has 0 spiro atoms. The molecule has 0 aromatic heterocycles. The van der Waals surface area contributed by atoms with Crippen molar-refractivity contribution in [2.45, 2.75) is 17.2 Å². The van der Waals surface area contributed by atoms with E-state index in [2.05, 4.69) is 10.6 Å². The minimum Gasteiger partial charge on any atom is -0.359 e. The van der Waals surface area contributed by atoms with Gasteiger partial charge in [0.1, 0.15) is 0 Å². The fourth-order valence-corrected chi connectivity index (χ4v) is 3.89. The van der Waals surface area contributed by atoms with Crippen LogP contribution in [0.1, 0.15) is 17.0 Å². The molecule has 1 aliphatic heterocycles. The molecule has 0 saturated carbocycles. The van der Waals surface area contributed by atoms with Crippen LogP contribution in [-0.4, -0.2) is 24.6 Å². The summed E-state index contributed by atoms with van der Waals surface area (Å²) in [6.45, 7) is 0. The second-order valence-electron chi connectivity index (χ2n) is 5.40. The molecule has 1 aliphatic rings. The van der Waals surface area contributed by atoms with Gasteiger partial charge < -0.3 is 10.6 Å². The van der Waals surface area contributed by atoms with Gasteiger partial charge in [-0.05, 0) is 23.3 Å². The van der Waals surface area contributed by atoms with Crippen LogP contribution in [-0.2, 0) is 16.0 Å². The van der Waals surface area contributed by atoms with Crippen molar-refractivity contribution in [3.8, 4) is 0 Å². The highest BCUT2D eigenvalue weighted by atomic mass is 32.2. The van der Waals surface area contributed by atoms with Crippen molar-refractivity contribution < 1.29 is 9.59 Å². The maximum Gasteiger partial charge on any atom is 0.232 e. The highest BCUT2D eigenvalue weighted by Gasteiger charge is 2.29. The number of hydrogen-bond acceptors (Lipinski definition) is 3. The Hall–Kier alpha value is -2.27. The zero-order valence-electron chi connectivity index (χ0n) is 12.8. The molecule has 23 heavy (non-hydrogen) atoms. The van der Waals surface area contributed by atoms with Gasteiger partial charge >= 0.3 is 0 Å². The Kier molecular flexibility index (Phi) is 4.67. The first-order valence-electron chi connectivity index (χ1n) is 7.50. The summed E-state index contributed by atoms with van der Waals surface area (Å²) in [7, 11) is 1.61. The van der Waals surface area contributed by atoms with Gasteiger partial charge in [-0.3, -0.25) is 9.59 Å². The van der Waals surface area contributed by atoms with Gasteiger partial charge in [-0.2, -0.15) is 0 Å². The van der Waals surface area contributed by atoms with Gasteiger partial charge in [-0.15, -0.1) is 11.8 Å². The first-order valence-corrected chi connectivity index (χ1v) is 8.48. The molecule has 0 aliphatic carbocycles. The number of para-hydroxylation sites is 1. The molecule has 0 bridgehead atoms. The number of benzene rings is 2. The summed E-state index contributed by atoms with van der Waals surface area (Å²) in [5, 5.41) is 5.60. The average Bonchev–Trinajstić information content (AvgIpc) is 3.00. The largest absolute Gasteiger partial charge is 0.359 e. The fourth-order valence-electron chi connectivity index (χ4n) is 2.66. The van der Waals surface area contributed by atoms with E-state index < -0.39 is 0 Å². The van der Waals surface area contributed by atoms with E-state index in [1.165, 1.54) is 4.90 Å². The molecule has 118 valence electrons. The molecule has 2 aromatic rings. The van der Waals surface area contributed by atoms with E-state index in [9.17, 15) is 9.59 Å². The van der Waals surface area contributed by atoms with Gasteiger partial charge in [0.15, 0.2) is 0 Å². The summed E-state index contributed by atoms with van der Waals surface area (Å²) < 4.78 is 0. The summed E-state index contributed by atoms with van der Waals surface area (Å²) in [6, 6.07) is 15.4. The van der Waals surface area contributed by atoms with Gasteiger partial charge in [-0.1, -0.05) is 36.4 Å². The quantitative estimate of drug-likeness (QED) is 0.908. The van der Waals surface area contributed by atoms with E-state index in [1.54, 1.807) is 18.8 Å². The number of hydrogen-bond donors (Lipinski definition) is 2. The van der Waals surface area contributed by atoms with Crippen LogP contribution in [0.5, 0.6) is 0 Å². The summed E-state index contributed by atoms with van der Waals surface area (Å²) in [5.74, 6) is 0.507. The smallest absolute Gasteiger partial charge is 0.232 e. The molecule has 0 fully saturated rings. The molecule has 1 heterocycles. The summed E-state index contributed by atoms with van der Waals surface area (Å²) >= 11 is 1.71. The van der Waals surface area contributed by atoms with Crippen LogP contribution in [0, 0.1) is 0 Å². The zero-order chi connectivity index (χ0) is 16.2. The van der Waals surface area contributed by atoms with Crippen LogP contribution >= 0.6 is 11.8 Å². The van der Waals surface area contributed by atoms with E-state index in [1.807, 2.05) is 48.5 Å². The van der Waals surface area contributed by atoms with Crippen molar-refractivity contribution in [3.63, 3.8) is 0 Å². The molecule has 4 nitrogen and oxygen atoms in total. The van der Waals surface area contributed by atoms with Crippen LogP contribution in [0.4, 0.5) is 5.69 Å². The Balaban J connectivity index is 1.78. The van der Waals surface area contributed by atoms with Gasteiger partial charge in [0.2, 0.25) is 11.8 Å². The lowest BCUT2D eigenvalue weighted by Gasteiger charge is -2.14. The second-order valence-corrected chi connectivity index (χ2v) is 6.46. The Morgan fingerprint density at radius 3 is 2.70 bits per heavy atom. The Morgan fingerprint density at radius 1 is 1.13 bits per heavy atom. The molecule has 5 heteroatoms. The van der Waals surface area contributed by atoms with Crippen molar-refractivity contribution in [2.24, 2.45) is 0 Å². The average molecular weight is 326 g/mol. The third-order valence-electron chi connectivity index (χ3n) is 3.92. The van der Waals surface area contributed by atoms with Crippen molar-refractivity contribution >= 4 is 29.3 Å². The van der Waals surface area contributed by atoms with Gasteiger partial charge in [0.25, 0.3) is 0 Å². The van der Waals surface area contributed by atoms with Gasteiger partial charge in [-0.25, -0.2) is 0 Å². The van der Waals surface area contributed by atoms with Crippen molar-refractivity contribution in [1.82, 2.24) is 5.32 Å². The van der Waals surface area contributed by atoms with E-state index >= 15 is 0 Å². The SMILES string of the molecule is CNC(=O)Cc1ccccc1NC(=O)[C@H]1CSc2ccccc21. The van der Waals surface area contributed by atoms with E-state index in [4.69, 9.17) is 0 Å². The Bertz CT molecular complexity index is 745. The number of nitrogens with one attached hydrogen (secondary N) is 2. The van der Waals surface area contributed by atoms with Gasteiger partial charge in [0.05, 0.1) is 12.3 Å². The van der Waals surface area contributed by atoms with Gasteiger partial charge in [0, 0.05) is 23.4 Å². The highest BCUT2D eigenvalue weighted by Crippen LogP contribution is 2.39. The first kappa shape index (κ1) is 15.6. The van der Waals surface area contributed by atoms with E-state index in [0.29, 0.717) is 5.69 Å². The van der Waals surface area contributed by atoms with Crippen molar-refractivity contribution in [2.75, 3.05) is 18.1 Å². The molecule has 0 saturated heterocycles. The molecular weight excluding hydrogens is 308 g/mol. The van der Waals surface area contributed by atoms with Crippen LogP contribution in [0.15, 0.2) is 53.4 Å². The maximum atomic E-state index is 12.7. The molecule has 0 unspecified atom stereocenters. The third kappa shape index (κ3) is 3.40. The third-order valence-corrected chi connectivity index (χ3v) is 5.10. The predicted octanol–water partition coefficient (Wildman–Crippen LogP) is 2.80. The molecule has 3 rings (SSSR count). The fraction of sp³-hybridized carbons (Fsp3) is 0.222. The standard InChI is InChI=1S/C18H18N2O2S/c1-19-17(21)10-12-6-2-4-8-15(12)20-18(22)14-11-23-16-9-5-3-7-13(14)16/h2-9,14H,10-11H2,1H3,(H,19,21)(H,20,22)/t14-/m0/s1. The van der Waals surface area contributed by atoms with Crippen LogP contribution in [0.2, 0.25) is 0 Å². The maximum absolute atomic E-state index is 12.7. The Labute approximate surface area is 139 Å². The lowest BCUT2D eigenvalue weighted by atomic mass is 10.00. The monoisotopic (exact) mass is 326 g/mol. The van der Waals surface area contributed by atoms with Crippen LogP contribution < -0.4 is 10.6 Å². The Morgan fingerprint density at radius 2 is 1.87 bits per heavy atom. The van der Waals surface area contributed by atoms with E-state index in [-0.39, 0.29) is 24.2 Å². The molecular formula is C18H18N2O2S. The summed E-state index contributed by atoms with van der Waals surface area (Å²) in [6.07, 6.45) is 0.253. The zero-order valence-corrected chi connectivity index (χ0v) is 13.7. The lowest BCUT2D eigenvalue weighted by Crippen LogP contribution is -2.24. The van der Waals surface area contributed by atoms with Crippen molar-refractivity contribution in [3.05, 3.63) is 59.7 Å². The van der Waals surface area contributed by atoms with Crippen molar-refractivity contribution in [1.29, 1.82) is 0 Å². The number of anilines is 1. The molecule has 2 amide bonds.